The van der Waals surface area contributed by atoms with E-state index in [4.69, 9.17) is 18.9 Å². The molecule has 0 radical (unpaired) electrons. The fourth-order valence-electron chi connectivity index (χ4n) is 4.33. The first-order valence-electron chi connectivity index (χ1n) is 12.1. The number of carboxylic acid groups (broad SMARTS) is 1. The van der Waals surface area contributed by atoms with Crippen LogP contribution in [0.2, 0.25) is 0 Å². The van der Waals surface area contributed by atoms with Gasteiger partial charge in [-0.2, -0.15) is 0 Å². The second-order valence-electron chi connectivity index (χ2n) is 10.3. The summed E-state index contributed by atoms with van der Waals surface area (Å²) in [5.41, 5.74) is 3.19. The van der Waals surface area contributed by atoms with E-state index < -0.39 is 11.6 Å². The molecule has 0 spiro atoms. The fourth-order valence-corrected chi connectivity index (χ4v) is 4.33. The van der Waals surface area contributed by atoms with Crippen molar-refractivity contribution in [2.24, 2.45) is 11.8 Å². The SMILES string of the molecule is Cc1ccc(-c2nc(COC[C@@H]3CCC[C@H](COC(C)(C)C(=O)O)C3)c(C(C)C)o2)cc1C. The minimum atomic E-state index is -1.14. The number of aromatic nitrogens is 1. The second-order valence-corrected chi connectivity index (χ2v) is 10.3. The van der Waals surface area contributed by atoms with E-state index in [-0.39, 0.29) is 5.92 Å². The number of nitrogens with zero attached hydrogens (tertiary/aromatic N) is 1. The quantitative estimate of drug-likeness (QED) is 0.452. The largest absolute Gasteiger partial charge is 0.479 e. The molecular weight excluding hydrogens is 418 g/mol. The van der Waals surface area contributed by atoms with Crippen molar-refractivity contribution < 1.29 is 23.8 Å². The molecule has 1 saturated carbocycles. The lowest BCUT2D eigenvalue weighted by atomic mass is 9.82. The molecule has 0 bridgehead atoms. The van der Waals surface area contributed by atoms with E-state index in [0.29, 0.717) is 37.5 Å². The van der Waals surface area contributed by atoms with Gasteiger partial charge < -0.3 is 19.0 Å². The van der Waals surface area contributed by atoms with Gasteiger partial charge in [-0.15, -0.1) is 0 Å². The van der Waals surface area contributed by atoms with Crippen LogP contribution in [-0.2, 0) is 20.9 Å². The molecular formula is C27H39NO5. The predicted octanol–water partition coefficient (Wildman–Crippen LogP) is 6.28. The van der Waals surface area contributed by atoms with Crippen LogP contribution in [0.15, 0.2) is 22.6 Å². The molecule has 3 rings (SSSR count). The lowest BCUT2D eigenvalue weighted by molar-refractivity contribution is -0.163. The van der Waals surface area contributed by atoms with Crippen LogP contribution in [0.5, 0.6) is 0 Å². The Morgan fingerprint density at radius 1 is 1.18 bits per heavy atom. The van der Waals surface area contributed by atoms with Crippen molar-refractivity contribution in [3.8, 4) is 11.5 Å². The van der Waals surface area contributed by atoms with E-state index >= 15 is 0 Å². The van der Waals surface area contributed by atoms with Crippen LogP contribution in [0.3, 0.4) is 0 Å². The molecule has 1 aliphatic carbocycles. The molecule has 1 aromatic carbocycles. The summed E-state index contributed by atoms with van der Waals surface area (Å²) in [7, 11) is 0. The van der Waals surface area contributed by atoms with Crippen LogP contribution in [0.4, 0.5) is 0 Å². The molecule has 1 N–H and O–H groups in total. The van der Waals surface area contributed by atoms with Crippen LogP contribution in [0, 0.1) is 25.7 Å². The Bertz CT molecular complexity index is 946. The molecule has 182 valence electrons. The zero-order valence-corrected chi connectivity index (χ0v) is 20.9. The summed E-state index contributed by atoms with van der Waals surface area (Å²) in [6.45, 7) is 13.2. The number of aryl methyl sites for hydroxylation is 2. The standard InChI is InChI=1S/C27H39NO5/c1-17(2)24-23(28-25(33-24)22-11-10-18(3)19(4)12-22)16-31-14-20-8-7-9-21(13-20)15-32-27(5,6)26(29)30/h10-12,17,20-21H,7-9,13-16H2,1-6H3,(H,29,30)/t20-,21+/m1/s1. The van der Waals surface area contributed by atoms with Gasteiger partial charge in [-0.05, 0) is 82.1 Å². The molecule has 1 aromatic heterocycles. The zero-order chi connectivity index (χ0) is 24.2. The monoisotopic (exact) mass is 457 g/mol. The van der Waals surface area contributed by atoms with Gasteiger partial charge in [0, 0.05) is 18.1 Å². The summed E-state index contributed by atoms with van der Waals surface area (Å²) in [5.74, 6) is 1.66. The van der Waals surface area contributed by atoms with Gasteiger partial charge in [0.25, 0.3) is 0 Å². The molecule has 6 nitrogen and oxygen atoms in total. The highest BCUT2D eigenvalue weighted by Gasteiger charge is 2.31. The van der Waals surface area contributed by atoms with Gasteiger partial charge in [0.1, 0.15) is 11.5 Å². The van der Waals surface area contributed by atoms with Crippen LogP contribution >= 0.6 is 0 Å². The highest BCUT2D eigenvalue weighted by Crippen LogP contribution is 2.32. The highest BCUT2D eigenvalue weighted by molar-refractivity contribution is 5.76. The first-order chi connectivity index (χ1) is 15.6. The molecule has 0 amide bonds. The van der Waals surface area contributed by atoms with E-state index in [1.54, 1.807) is 13.8 Å². The van der Waals surface area contributed by atoms with E-state index in [1.165, 1.54) is 11.1 Å². The number of hydrogen-bond donors (Lipinski definition) is 1. The number of ether oxygens (including phenoxy) is 2. The number of hydrogen-bond acceptors (Lipinski definition) is 5. The molecule has 2 aromatic rings. The molecule has 1 fully saturated rings. The number of benzene rings is 1. The Morgan fingerprint density at radius 3 is 2.52 bits per heavy atom. The Balaban J connectivity index is 1.56. The summed E-state index contributed by atoms with van der Waals surface area (Å²) in [6, 6.07) is 6.27. The topological polar surface area (TPSA) is 81.8 Å². The summed E-state index contributed by atoms with van der Waals surface area (Å²) in [6.07, 6.45) is 4.32. The van der Waals surface area contributed by atoms with Crippen molar-refractivity contribution in [3.05, 3.63) is 40.8 Å². The van der Waals surface area contributed by atoms with Crippen LogP contribution in [-0.4, -0.2) is 34.9 Å². The Labute approximate surface area is 197 Å². The summed E-state index contributed by atoms with van der Waals surface area (Å²) in [5, 5.41) is 9.25. The molecule has 1 aliphatic rings. The average Bonchev–Trinajstić information content (AvgIpc) is 3.19. The van der Waals surface area contributed by atoms with Crippen LogP contribution in [0.25, 0.3) is 11.5 Å². The molecule has 0 aliphatic heterocycles. The van der Waals surface area contributed by atoms with E-state index in [1.807, 2.05) is 0 Å². The molecule has 0 saturated heterocycles. The van der Waals surface area contributed by atoms with Crippen molar-refractivity contribution in [2.75, 3.05) is 13.2 Å². The maximum Gasteiger partial charge on any atom is 0.335 e. The average molecular weight is 458 g/mol. The zero-order valence-electron chi connectivity index (χ0n) is 20.9. The van der Waals surface area contributed by atoms with Crippen molar-refractivity contribution in [1.29, 1.82) is 0 Å². The minimum absolute atomic E-state index is 0.227. The fraction of sp³-hybridized carbons (Fsp3) is 0.630. The van der Waals surface area contributed by atoms with Gasteiger partial charge >= 0.3 is 5.97 Å². The first-order valence-corrected chi connectivity index (χ1v) is 12.1. The molecule has 0 unspecified atom stereocenters. The summed E-state index contributed by atoms with van der Waals surface area (Å²) < 4.78 is 18.0. The third-order valence-corrected chi connectivity index (χ3v) is 6.68. The second kappa shape index (κ2) is 10.8. The maximum absolute atomic E-state index is 11.3. The van der Waals surface area contributed by atoms with Gasteiger partial charge in [-0.25, -0.2) is 9.78 Å². The predicted molar refractivity (Wildman–Crippen MR) is 128 cm³/mol. The first kappa shape index (κ1) is 25.4. The normalized spacial score (nSPS) is 19.2. The van der Waals surface area contributed by atoms with Gasteiger partial charge in [0.05, 0.1) is 13.2 Å². The number of carbonyl (C=O) groups is 1. The van der Waals surface area contributed by atoms with Crippen LogP contribution < -0.4 is 0 Å². The maximum atomic E-state index is 11.3. The number of oxazole rings is 1. The Morgan fingerprint density at radius 2 is 1.88 bits per heavy atom. The highest BCUT2D eigenvalue weighted by atomic mass is 16.5. The van der Waals surface area contributed by atoms with E-state index in [0.717, 1.165) is 42.7 Å². The van der Waals surface area contributed by atoms with E-state index in [2.05, 4.69) is 45.9 Å². The van der Waals surface area contributed by atoms with Gasteiger partial charge in [-0.1, -0.05) is 26.3 Å². The summed E-state index contributed by atoms with van der Waals surface area (Å²) >= 11 is 0. The van der Waals surface area contributed by atoms with Crippen molar-refractivity contribution >= 4 is 5.97 Å². The number of aliphatic carboxylic acids is 1. The molecule has 2 atom stereocenters. The van der Waals surface area contributed by atoms with Gasteiger partial charge in [0.2, 0.25) is 5.89 Å². The lowest BCUT2D eigenvalue weighted by Crippen LogP contribution is -2.37. The van der Waals surface area contributed by atoms with E-state index in [9.17, 15) is 9.90 Å². The van der Waals surface area contributed by atoms with Crippen LogP contribution in [0.1, 0.15) is 81.9 Å². The molecule has 1 heterocycles. The third-order valence-electron chi connectivity index (χ3n) is 6.68. The van der Waals surface area contributed by atoms with Crippen molar-refractivity contribution in [1.82, 2.24) is 4.98 Å². The van der Waals surface area contributed by atoms with Crippen molar-refractivity contribution in [3.63, 3.8) is 0 Å². The van der Waals surface area contributed by atoms with Gasteiger partial charge in [-0.3, -0.25) is 0 Å². The number of carboxylic acids is 1. The summed E-state index contributed by atoms with van der Waals surface area (Å²) in [4.78, 5) is 16.1. The molecule has 33 heavy (non-hydrogen) atoms. The lowest BCUT2D eigenvalue weighted by Gasteiger charge is -2.31. The van der Waals surface area contributed by atoms with Gasteiger partial charge in [0.15, 0.2) is 5.60 Å². The third kappa shape index (κ3) is 6.67. The molecule has 6 heteroatoms. The smallest absolute Gasteiger partial charge is 0.335 e. The Kier molecular flexibility index (Phi) is 8.35. The Hall–Kier alpha value is -2.18. The minimum Gasteiger partial charge on any atom is -0.479 e. The van der Waals surface area contributed by atoms with Crippen molar-refractivity contribution in [2.45, 2.75) is 85.4 Å². The number of rotatable bonds is 10.